The highest BCUT2D eigenvalue weighted by molar-refractivity contribution is 6.32. The summed E-state index contributed by atoms with van der Waals surface area (Å²) in [4.78, 5) is 26.8. The van der Waals surface area contributed by atoms with Crippen LogP contribution in [-0.4, -0.2) is 65.3 Å². The molecule has 36 heavy (non-hydrogen) atoms. The van der Waals surface area contributed by atoms with Crippen LogP contribution in [0.2, 0.25) is 5.02 Å². The first kappa shape index (κ1) is 26.3. The lowest BCUT2D eigenvalue weighted by Crippen LogP contribution is -2.44. The Hall–Kier alpha value is -2.78. The van der Waals surface area contributed by atoms with Gasteiger partial charge in [0.25, 0.3) is 5.56 Å². The number of aromatic nitrogens is 2. The van der Waals surface area contributed by atoms with E-state index in [9.17, 15) is 9.59 Å². The summed E-state index contributed by atoms with van der Waals surface area (Å²) in [6.45, 7) is 8.98. The van der Waals surface area contributed by atoms with Crippen molar-refractivity contribution in [1.29, 1.82) is 0 Å². The Morgan fingerprint density at radius 1 is 1.19 bits per heavy atom. The molecule has 9 nitrogen and oxygen atoms in total. The molecule has 0 spiro atoms. The number of benzene rings is 1. The van der Waals surface area contributed by atoms with Crippen molar-refractivity contribution in [2.24, 2.45) is 5.92 Å². The molecule has 1 aromatic carbocycles. The van der Waals surface area contributed by atoms with Gasteiger partial charge in [0.1, 0.15) is 22.5 Å². The minimum atomic E-state index is -0.506. The van der Waals surface area contributed by atoms with Crippen LogP contribution in [0.4, 0.5) is 10.5 Å². The Kier molecular flexibility index (Phi) is 8.41. The predicted octanol–water partition coefficient (Wildman–Crippen LogP) is 4.50. The van der Waals surface area contributed by atoms with Gasteiger partial charge < -0.3 is 24.4 Å². The smallest absolute Gasteiger partial charge is 0.410 e. The number of nitrogens with zero attached hydrogens (tertiary/aromatic N) is 3. The molecule has 2 aliphatic rings. The fourth-order valence-electron chi connectivity index (χ4n) is 4.30. The number of likely N-dealkylation sites (tertiary alicyclic amines) is 1. The van der Waals surface area contributed by atoms with Gasteiger partial charge in [0.05, 0.1) is 24.2 Å². The number of piperidine rings is 1. The predicted molar refractivity (Wildman–Crippen MR) is 138 cm³/mol. The minimum absolute atomic E-state index is 0.00440. The number of rotatable bonds is 6. The summed E-state index contributed by atoms with van der Waals surface area (Å²) in [5.41, 5.74) is 0.237. The zero-order valence-corrected chi connectivity index (χ0v) is 21.9. The molecule has 4 rings (SSSR count). The van der Waals surface area contributed by atoms with E-state index in [2.05, 4.69) is 10.4 Å². The number of ether oxygens (including phenoxy) is 3. The highest BCUT2D eigenvalue weighted by Gasteiger charge is 2.27. The first-order chi connectivity index (χ1) is 17.2. The first-order valence-corrected chi connectivity index (χ1v) is 12.9. The highest BCUT2D eigenvalue weighted by atomic mass is 35.5. The molecule has 2 aliphatic heterocycles. The Bertz CT molecular complexity index is 1080. The van der Waals surface area contributed by atoms with Gasteiger partial charge >= 0.3 is 6.09 Å². The molecule has 0 aliphatic carbocycles. The molecule has 2 fully saturated rings. The lowest BCUT2D eigenvalue weighted by Gasteiger charge is -2.33. The number of anilines is 1. The second kappa shape index (κ2) is 11.5. The molecule has 1 atom stereocenters. The van der Waals surface area contributed by atoms with Gasteiger partial charge in [-0.2, -0.15) is 9.78 Å². The number of hydrogen-bond acceptors (Lipinski definition) is 7. The monoisotopic (exact) mass is 518 g/mol. The van der Waals surface area contributed by atoms with E-state index >= 15 is 0 Å². The minimum Gasteiger partial charge on any atom is -0.490 e. The van der Waals surface area contributed by atoms with Gasteiger partial charge in [-0.05, 0) is 63.8 Å². The SMILES string of the molecule is CC(C)(C)OC(=O)N1CCC(Oc2ccc(-n3ncc(NC[C@@H]4CCCOC4)c(Cl)c3=O)cc2)CC1. The van der Waals surface area contributed by atoms with E-state index in [1.54, 1.807) is 23.2 Å². The quantitative estimate of drug-likeness (QED) is 0.601. The van der Waals surface area contributed by atoms with Gasteiger partial charge in [-0.3, -0.25) is 4.79 Å². The fraction of sp³-hybridized carbons (Fsp3) is 0.577. The molecule has 196 valence electrons. The average molecular weight is 519 g/mol. The standard InChI is InChI=1S/C26H35ClN4O5/c1-26(2,3)36-25(33)30-12-10-21(11-13-30)35-20-8-6-19(7-9-20)31-24(32)23(27)22(16-29-31)28-15-18-5-4-14-34-17-18/h6-9,16,18,21,28H,4-5,10-15,17H2,1-3H3/t18-/m0/s1. The first-order valence-electron chi connectivity index (χ1n) is 12.5. The molecule has 0 radical (unpaired) electrons. The molecule has 0 saturated carbocycles. The third kappa shape index (κ3) is 6.91. The van der Waals surface area contributed by atoms with Gasteiger partial charge in [-0.25, -0.2) is 4.79 Å². The van der Waals surface area contributed by atoms with Crippen LogP contribution in [0.1, 0.15) is 46.5 Å². The number of halogens is 1. The van der Waals surface area contributed by atoms with Crippen LogP contribution in [0.25, 0.3) is 5.69 Å². The molecular formula is C26H35ClN4O5. The molecular weight excluding hydrogens is 484 g/mol. The normalized spacial score (nSPS) is 19.1. The zero-order valence-electron chi connectivity index (χ0n) is 21.2. The molecule has 1 amide bonds. The topological polar surface area (TPSA) is 94.9 Å². The van der Waals surface area contributed by atoms with E-state index in [4.69, 9.17) is 25.8 Å². The molecule has 3 heterocycles. The zero-order chi connectivity index (χ0) is 25.7. The Morgan fingerprint density at radius 2 is 1.92 bits per heavy atom. The summed E-state index contributed by atoms with van der Waals surface area (Å²) in [5, 5.41) is 7.65. The number of nitrogens with one attached hydrogen (secondary N) is 1. The molecule has 1 aromatic heterocycles. The third-order valence-electron chi connectivity index (χ3n) is 6.23. The summed E-state index contributed by atoms with van der Waals surface area (Å²) in [7, 11) is 0. The molecule has 1 N–H and O–H groups in total. The molecule has 2 saturated heterocycles. The largest absolute Gasteiger partial charge is 0.490 e. The van der Waals surface area contributed by atoms with Gasteiger partial charge in [0.15, 0.2) is 0 Å². The number of carbonyl (C=O) groups is 1. The van der Waals surface area contributed by atoms with Gasteiger partial charge in [-0.1, -0.05) is 11.6 Å². The van der Waals surface area contributed by atoms with E-state index in [-0.39, 0.29) is 22.8 Å². The lowest BCUT2D eigenvalue weighted by molar-refractivity contribution is 0.0126. The van der Waals surface area contributed by atoms with E-state index in [1.807, 2.05) is 32.9 Å². The second-order valence-corrected chi connectivity index (χ2v) is 10.7. The van der Waals surface area contributed by atoms with Crippen LogP contribution >= 0.6 is 11.6 Å². The maximum absolute atomic E-state index is 12.8. The summed E-state index contributed by atoms with van der Waals surface area (Å²) >= 11 is 6.37. The lowest BCUT2D eigenvalue weighted by atomic mass is 10.0. The van der Waals surface area contributed by atoms with E-state index in [0.29, 0.717) is 49.3 Å². The van der Waals surface area contributed by atoms with Crippen LogP contribution in [0.5, 0.6) is 5.75 Å². The Balaban J connectivity index is 1.32. The average Bonchev–Trinajstić information content (AvgIpc) is 2.86. The number of hydrogen-bond donors (Lipinski definition) is 1. The Labute approximate surface area is 216 Å². The molecule has 2 aromatic rings. The van der Waals surface area contributed by atoms with Crippen LogP contribution in [0.15, 0.2) is 35.3 Å². The number of carbonyl (C=O) groups excluding carboxylic acids is 1. The highest BCUT2D eigenvalue weighted by Crippen LogP contribution is 2.23. The van der Waals surface area contributed by atoms with Crippen molar-refractivity contribution in [3.05, 3.63) is 45.8 Å². The third-order valence-corrected chi connectivity index (χ3v) is 6.60. The summed E-state index contributed by atoms with van der Waals surface area (Å²) in [6.07, 6.45) is 4.88. The number of amides is 1. The molecule has 0 bridgehead atoms. The van der Waals surface area contributed by atoms with Crippen molar-refractivity contribution in [3.63, 3.8) is 0 Å². The van der Waals surface area contributed by atoms with Crippen molar-refractivity contribution < 1.29 is 19.0 Å². The summed E-state index contributed by atoms with van der Waals surface area (Å²) < 4.78 is 18.3. The van der Waals surface area contributed by atoms with E-state index in [0.717, 1.165) is 32.3 Å². The van der Waals surface area contributed by atoms with E-state index < -0.39 is 5.60 Å². The second-order valence-electron chi connectivity index (χ2n) is 10.3. The Morgan fingerprint density at radius 3 is 2.56 bits per heavy atom. The van der Waals surface area contributed by atoms with Crippen LogP contribution in [0.3, 0.4) is 0 Å². The molecule has 10 heteroatoms. The van der Waals surface area contributed by atoms with Crippen LogP contribution in [-0.2, 0) is 9.47 Å². The fourth-order valence-corrected chi connectivity index (χ4v) is 4.50. The van der Waals surface area contributed by atoms with Crippen LogP contribution in [0, 0.1) is 5.92 Å². The van der Waals surface area contributed by atoms with E-state index in [1.165, 1.54) is 4.68 Å². The van der Waals surface area contributed by atoms with Crippen molar-refractivity contribution >= 4 is 23.4 Å². The molecule has 0 unspecified atom stereocenters. The summed E-state index contributed by atoms with van der Waals surface area (Å²) in [6, 6.07) is 7.18. The summed E-state index contributed by atoms with van der Waals surface area (Å²) in [5.74, 6) is 1.09. The van der Waals surface area contributed by atoms with Gasteiger partial charge in [0, 0.05) is 39.1 Å². The van der Waals surface area contributed by atoms with Gasteiger partial charge in [0.2, 0.25) is 0 Å². The van der Waals surface area contributed by atoms with Crippen LogP contribution < -0.4 is 15.6 Å². The van der Waals surface area contributed by atoms with Gasteiger partial charge in [-0.15, -0.1) is 0 Å². The van der Waals surface area contributed by atoms with Crippen molar-refractivity contribution in [1.82, 2.24) is 14.7 Å². The van der Waals surface area contributed by atoms with Crippen molar-refractivity contribution in [3.8, 4) is 11.4 Å². The maximum Gasteiger partial charge on any atom is 0.410 e. The maximum atomic E-state index is 12.8. The van der Waals surface area contributed by atoms with Crippen molar-refractivity contribution in [2.75, 3.05) is 38.2 Å². The van der Waals surface area contributed by atoms with Crippen molar-refractivity contribution in [2.45, 2.75) is 58.2 Å².